The molecule has 2 aromatic rings. The first-order valence-electron chi connectivity index (χ1n) is 4.35. The Labute approximate surface area is 86.4 Å². The van der Waals surface area contributed by atoms with Crippen LogP contribution in [0.15, 0.2) is 28.8 Å². The summed E-state index contributed by atoms with van der Waals surface area (Å²) in [5.74, 6) is 0.703. The van der Waals surface area contributed by atoms with Crippen molar-refractivity contribution < 1.29 is 4.42 Å². The van der Waals surface area contributed by atoms with Gasteiger partial charge in [0, 0.05) is 13.2 Å². The average Bonchev–Trinajstić information content (AvgIpc) is 2.73. The smallest absolute Gasteiger partial charge is 0.248 e. The number of pyridine rings is 1. The summed E-state index contributed by atoms with van der Waals surface area (Å²) < 4.78 is 5.33. The van der Waals surface area contributed by atoms with E-state index in [1.165, 1.54) is 0 Å². The van der Waals surface area contributed by atoms with E-state index in [-0.39, 0.29) is 5.69 Å². The van der Waals surface area contributed by atoms with E-state index < -0.39 is 0 Å². The molecule has 0 aliphatic carbocycles. The van der Waals surface area contributed by atoms with E-state index >= 15 is 0 Å². The topological polar surface area (TPSA) is 74.7 Å². The number of nitriles is 1. The molecule has 0 saturated carbocycles. The first kappa shape index (κ1) is 9.21. The van der Waals surface area contributed by atoms with Gasteiger partial charge in [0.15, 0.2) is 0 Å². The third-order valence-corrected chi connectivity index (χ3v) is 1.84. The lowest BCUT2D eigenvalue weighted by Gasteiger charge is -1.92. The summed E-state index contributed by atoms with van der Waals surface area (Å²) >= 11 is 0. The molecule has 2 heterocycles. The van der Waals surface area contributed by atoms with Crippen LogP contribution in [0, 0.1) is 11.3 Å². The van der Waals surface area contributed by atoms with Crippen molar-refractivity contribution in [2.24, 2.45) is 0 Å². The predicted molar refractivity (Wildman–Crippen MR) is 54.0 cm³/mol. The molecule has 0 amide bonds. The van der Waals surface area contributed by atoms with Gasteiger partial charge in [-0.2, -0.15) is 10.2 Å². The number of hydrogen-bond donors (Lipinski definition) is 1. The molecule has 2 aromatic heterocycles. The SMILES string of the molecule is CNc1oc(-c2ccccn2)nc1C#N. The number of aromatic nitrogens is 2. The maximum absolute atomic E-state index is 8.78. The molecule has 0 aliphatic heterocycles. The molecular formula is C10H8N4O. The van der Waals surface area contributed by atoms with E-state index in [0.29, 0.717) is 17.5 Å². The third kappa shape index (κ3) is 1.65. The van der Waals surface area contributed by atoms with Crippen LogP contribution in [0.5, 0.6) is 0 Å². The van der Waals surface area contributed by atoms with Gasteiger partial charge in [-0.15, -0.1) is 0 Å². The first-order chi connectivity index (χ1) is 7.35. The van der Waals surface area contributed by atoms with Gasteiger partial charge >= 0.3 is 0 Å². The molecule has 0 spiro atoms. The summed E-state index contributed by atoms with van der Waals surface area (Å²) in [7, 11) is 1.67. The average molecular weight is 200 g/mol. The Kier molecular flexibility index (Phi) is 2.33. The van der Waals surface area contributed by atoms with Crippen LogP contribution in [0.1, 0.15) is 5.69 Å². The van der Waals surface area contributed by atoms with E-state index in [9.17, 15) is 0 Å². The van der Waals surface area contributed by atoms with Crippen molar-refractivity contribution >= 4 is 5.88 Å². The molecule has 0 aromatic carbocycles. The highest BCUT2D eigenvalue weighted by atomic mass is 16.4. The minimum Gasteiger partial charge on any atom is -0.418 e. The fourth-order valence-electron chi connectivity index (χ4n) is 1.16. The van der Waals surface area contributed by atoms with Crippen LogP contribution in [0.4, 0.5) is 5.88 Å². The highest BCUT2D eigenvalue weighted by Gasteiger charge is 2.13. The van der Waals surface area contributed by atoms with Crippen LogP contribution in [0.2, 0.25) is 0 Å². The van der Waals surface area contributed by atoms with Crippen molar-refractivity contribution in [2.75, 3.05) is 12.4 Å². The van der Waals surface area contributed by atoms with Gasteiger partial charge < -0.3 is 9.73 Å². The number of hydrogen-bond acceptors (Lipinski definition) is 5. The predicted octanol–water partition coefficient (Wildman–Crippen LogP) is 1.65. The zero-order chi connectivity index (χ0) is 10.7. The molecule has 0 fully saturated rings. The van der Waals surface area contributed by atoms with Crippen LogP contribution in [-0.2, 0) is 0 Å². The maximum Gasteiger partial charge on any atom is 0.248 e. The molecule has 74 valence electrons. The lowest BCUT2D eigenvalue weighted by Crippen LogP contribution is -1.87. The summed E-state index contributed by atoms with van der Waals surface area (Å²) in [5, 5.41) is 11.5. The summed E-state index contributed by atoms with van der Waals surface area (Å²) in [6.07, 6.45) is 1.64. The van der Waals surface area contributed by atoms with Crippen molar-refractivity contribution in [1.82, 2.24) is 9.97 Å². The van der Waals surface area contributed by atoms with E-state index in [4.69, 9.17) is 9.68 Å². The second-order valence-electron chi connectivity index (χ2n) is 2.77. The van der Waals surface area contributed by atoms with Crippen LogP contribution in [0.3, 0.4) is 0 Å². The summed E-state index contributed by atoms with van der Waals surface area (Å²) in [6.45, 7) is 0. The van der Waals surface area contributed by atoms with E-state index in [2.05, 4.69) is 15.3 Å². The second kappa shape index (κ2) is 3.80. The minimum atomic E-state index is 0.234. The third-order valence-electron chi connectivity index (χ3n) is 1.84. The number of nitrogens with one attached hydrogen (secondary N) is 1. The van der Waals surface area contributed by atoms with Crippen LogP contribution >= 0.6 is 0 Å². The molecule has 0 unspecified atom stereocenters. The summed E-state index contributed by atoms with van der Waals surface area (Å²) in [6, 6.07) is 7.34. The first-order valence-corrected chi connectivity index (χ1v) is 4.35. The molecule has 0 aliphatic rings. The molecule has 0 saturated heterocycles. The van der Waals surface area contributed by atoms with E-state index in [1.54, 1.807) is 25.4 Å². The number of rotatable bonds is 2. The van der Waals surface area contributed by atoms with Crippen LogP contribution < -0.4 is 5.32 Å². The number of nitrogens with zero attached hydrogens (tertiary/aromatic N) is 3. The van der Waals surface area contributed by atoms with Crippen molar-refractivity contribution in [3.05, 3.63) is 30.1 Å². The van der Waals surface area contributed by atoms with Crippen molar-refractivity contribution in [3.8, 4) is 17.7 Å². The summed E-state index contributed by atoms with van der Waals surface area (Å²) in [5.41, 5.74) is 0.841. The maximum atomic E-state index is 8.78. The van der Waals surface area contributed by atoms with Crippen molar-refractivity contribution in [2.45, 2.75) is 0 Å². The van der Waals surface area contributed by atoms with Gasteiger partial charge in [-0.05, 0) is 12.1 Å². The van der Waals surface area contributed by atoms with Crippen molar-refractivity contribution in [3.63, 3.8) is 0 Å². The quantitative estimate of drug-likeness (QED) is 0.797. The Morgan fingerprint density at radius 2 is 2.33 bits per heavy atom. The molecule has 5 heteroatoms. The Morgan fingerprint density at radius 3 is 2.87 bits per heavy atom. The largest absolute Gasteiger partial charge is 0.418 e. The van der Waals surface area contributed by atoms with Gasteiger partial charge in [-0.1, -0.05) is 6.07 Å². The van der Waals surface area contributed by atoms with Gasteiger partial charge in [-0.25, -0.2) is 0 Å². The van der Waals surface area contributed by atoms with Gasteiger partial charge in [-0.3, -0.25) is 4.98 Å². The number of oxazole rings is 1. The highest BCUT2D eigenvalue weighted by Crippen LogP contribution is 2.22. The van der Waals surface area contributed by atoms with Gasteiger partial charge in [0.25, 0.3) is 0 Å². The Bertz CT molecular complexity index is 498. The second-order valence-corrected chi connectivity index (χ2v) is 2.77. The lowest BCUT2D eigenvalue weighted by atomic mass is 10.3. The number of anilines is 1. The molecule has 0 atom stereocenters. The minimum absolute atomic E-state index is 0.234. The van der Waals surface area contributed by atoms with Crippen molar-refractivity contribution in [1.29, 1.82) is 5.26 Å². The molecule has 5 nitrogen and oxygen atoms in total. The Hall–Kier alpha value is -2.35. The zero-order valence-electron chi connectivity index (χ0n) is 8.06. The fraction of sp³-hybridized carbons (Fsp3) is 0.100. The van der Waals surface area contributed by atoms with Gasteiger partial charge in [0.05, 0.1) is 0 Å². The molecule has 2 rings (SSSR count). The van der Waals surface area contributed by atoms with Crippen LogP contribution in [0.25, 0.3) is 11.6 Å². The zero-order valence-corrected chi connectivity index (χ0v) is 8.06. The Morgan fingerprint density at radius 1 is 1.47 bits per heavy atom. The van der Waals surface area contributed by atoms with Gasteiger partial charge in [0.1, 0.15) is 11.8 Å². The standard InChI is InChI=1S/C10H8N4O/c1-12-9-8(6-11)14-10(15-9)7-4-2-3-5-13-7/h2-5,12H,1H3. The summed E-state index contributed by atoms with van der Waals surface area (Å²) in [4.78, 5) is 8.10. The van der Waals surface area contributed by atoms with E-state index in [1.807, 2.05) is 12.1 Å². The molecular weight excluding hydrogens is 192 g/mol. The van der Waals surface area contributed by atoms with Gasteiger partial charge in [0.2, 0.25) is 17.5 Å². The monoisotopic (exact) mass is 200 g/mol. The molecule has 0 bridgehead atoms. The van der Waals surface area contributed by atoms with E-state index in [0.717, 1.165) is 0 Å². The molecule has 1 N–H and O–H groups in total. The normalized spacial score (nSPS) is 9.60. The highest BCUT2D eigenvalue weighted by molar-refractivity contribution is 5.54. The molecule has 0 radical (unpaired) electrons. The molecule has 15 heavy (non-hydrogen) atoms. The van der Waals surface area contributed by atoms with Crippen LogP contribution in [-0.4, -0.2) is 17.0 Å². The fourth-order valence-corrected chi connectivity index (χ4v) is 1.16. The Balaban J connectivity index is 2.48. The lowest BCUT2D eigenvalue weighted by molar-refractivity contribution is 0.586.